The summed E-state index contributed by atoms with van der Waals surface area (Å²) in [4.78, 5) is 16.6. The second kappa shape index (κ2) is 9.07. The van der Waals surface area contributed by atoms with Crippen LogP contribution in [0.5, 0.6) is 0 Å². The molecule has 4 aromatic rings. The number of aromatic nitrogens is 1. The third-order valence-electron chi connectivity index (χ3n) is 5.38. The van der Waals surface area contributed by atoms with Crippen molar-refractivity contribution in [1.29, 1.82) is 0 Å². The van der Waals surface area contributed by atoms with Gasteiger partial charge < -0.3 is 14.8 Å². The minimum Gasteiger partial charge on any atom is -0.460 e. The molecule has 1 amide bonds. The summed E-state index contributed by atoms with van der Waals surface area (Å²) in [5.74, 6) is 0.231. The molecule has 2 heterocycles. The van der Waals surface area contributed by atoms with Gasteiger partial charge in [0.2, 0.25) is 0 Å². The van der Waals surface area contributed by atoms with Crippen molar-refractivity contribution in [2.75, 3.05) is 13.2 Å². The number of furan rings is 1. The molecule has 0 aliphatic rings. The number of pyridine rings is 1. The monoisotopic (exact) mass is 454 g/mol. The summed E-state index contributed by atoms with van der Waals surface area (Å²) in [7, 11) is 0. The minimum absolute atomic E-state index is 0.141. The van der Waals surface area contributed by atoms with Gasteiger partial charge in [-0.25, -0.2) is 0 Å². The molecule has 0 bridgehead atoms. The number of benzene rings is 2. The smallest absolute Gasteiger partial charge is 0.416 e. The molecule has 0 saturated heterocycles. The zero-order valence-corrected chi connectivity index (χ0v) is 17.7. The molecule has 0 saturated carbocycles. The maximum absolute atomic E-state index is 13.1. The van der Waals surface area contributed by atoms with Gasteiger partial charge in [-0.15, -0.1) is 0 Å². The van der Waals surface area contributed by atoms with Crippen LogP contribution < -0.4 is 5.32 Å². The van der Waals surface area contributed by atoms with Crippen molar-refractivity contribution < 1.29 is 27.5 Å². The van der Waals surface area contributed by atoms with Gasteiger partial charge in [-0.3, -0.25) is 9.78 Å². The molecule has 0 fully saturated rings. The summed E-state index contributed by atoms with van der Waals surface area (Å²) in [5.41, 5.74) is 2.76. The fourth-order valence-electron chi connectivity index (χ4n) is 3.70. The van der Waals surface area contributed by atoms with E-state index >= 15 is 0 Å². The maximum atomic E-state index is 13.1. The Labute approximate surface area is 187 Å². The van der Waals surface area contributed by atoms with Crippen molar-refractivity contribution >= 4 is 16.9 Å². The minimum atomic E-state index is -4.41. The Bertz CT molecular complexity index is 1310. The van der Waals surface area contributed by atoms with E-state index in [4.69, 9.17) is 9.52 Å². The van der Waals surface area contributed by atoms with Gasteiger partial charge in [0.05, 0.1) is 17.9 Å². The molecule has 8 heteroatoms. The summed E-state index contributed by atoms with van der Waals surface area (Å²) in [5, 5.41) is 12.3. The summed E-state index contributed by atoms with van der Waals surface area (Å²) < 4.78 is 45.4. The Hall–Kier alpha value is -3.65. The van der Waals surface area contributed by atoms with E-state index in [0.29, 0.717) is 33.7 Å². The number of fused-ring (bicyclic) bond motifs is 1. The van der Waals surface area contributed by atoms with E-state index in [2.05, 4.69) is 10.3 Å². The van der Waals surface area contributed by atoms with E-state index in [1.165, 1.54) is 12.3 Å². The number of hydrogen-bond donors (Lipinski definition) is 2. The number of carbonyl (C=O) groups is 1. The first-order valence-electron chi connectivity index (χ1n) is 10.3. The number of rotatable bonds is 6. The number of alkyl halides is 3. The van der Waals surface area contributed by atoms with Crippen molar-refractivity contribution in [2.45, 2.75) is 19.5 Å². The number of carbonyl (C=O) groups excluding carboxylic acids is 1. The van der Waals surface area contributed by atoms with E-state index in [0.717, 1.165) is 23.1 Å². The lowest BCUT2D eigenvalue weighted by Crippen LogP contribution is -2.26. The summed E-state index contributed by atoms with van der Waals surface area (Å²) in [6.07, 6.45) is -2.69. The number of hydrogen-bond acceptors (Lipinski definition) is 4. The van der Waals surface area contributed by atoms with E-state index in [-0.39, 0.29) is 25.5 Å². The Morgan fingerprint density at radius 3 is 2.67 bits per heavy atom. The highest BCUT2D eigenvalue weighted by Crippen LogP contribution is 2.35. The fourth-order valence-corrected chi connectivity index (χ4v) is 3.70. The molecule has 0 aliphatic heterocycles. The van der Waals surface area contributed by atoms with Crippen LogP contribution in [0, 0.1) is 6.92 Å². The highest BCUT2D eigenvalue weighted by Gasteiger charge is 2.30. The zero-order valence-electron chi connectivity index (χ0n) is 17.7. The Morgan fingerprint density at radius 1 is 1.12 bits per heavy atom. The normalized spacial score (nSPS) is 11.7. The van der Waals surface area contributed by atoms with Crippen molar-refractivity contribution in [1.82, 2.24) is 10.3 Å². The molecule has 0 atom stereocenters. The number of para-hydroxylation sites is 1. The first-order valence-corrected chi connectivity index (χ1v) is 10.3. The number of amides is 1. The van der Waals surface area contributed by atoms with E-state index in [1.54, 1.807) is 18.2 Å². The average Bonchev–Trinajstić information content (AvgIpc) is 3.12. The quantitative estimate of drug-likeness (QED) is 0.423. The molecule has 0 unspecified atom stereocenters. The first kappa shape index (κ1) is 22.5. The van der Waals surface area contributed by atoms with E-state index < -0.39 is 11.7 Å². The lowest BCUT2D eigenvalue weighted by molar-refractivity contribution is -0.137. The number of nitrogens with one attached hydrogen (secondary N) is 1. The number of aryl methyl sites for hydroxylation is 1. The van der Waals surface area contributed by atoms with Crippen molar-refractivity contribution in [3.63, 3.8) is 0 Å². The Balaban J connectivity index is 1.71. The van der Waals surface area contributed by atoms with Gasteiger partial charge in [-0.2, -0.15) is 13.2 Å². The van der Waals surface area contributed by atoms with E-state index in [9.17, 15) is 18.0 Å². The topological polar surface area (TPSA) is 75.4 Å². The van der Waals surface area contributed by atoms with Crippen molar-refractivity contribution in [3.8, 4) is 11.3 Å². The molecule has 0 aliphatic carbocycles. The number of aliphatic hydroxyl groups is 1. The van der Waals surface area contributed by atoms with Crippen LogP contribution in [0.3, 0.4) is 0 Å². The number of aliphatic hydroxyl groups excluding tert-OH is 1. The highest BCUT2D eigenvalue weighted by atomic mass is 19.4. The predicted octanol–water partition coefficient (Wildman–Crippen LogP) is 5.13. The third-order valence-corrected chi connectivity index (χ3v) is 5.38. The van der Waals surface area contributed by atoms with Gasteiger partial charge >= 0.3 is 6.18 Å². The van der Waals surface area contributed by atoms with Crippen LogP contribution in [0.2, 0.25) is 0 Å². The molecule has 0 radical (unpaired) electrons. The largest absolute Gasteiger partial charge is 0.460 e. The molecule has 33 heavy (non-hydrogen) atoms. The van der Waals surface area contributed by atoms with Gasteiger partial charge in [-0.1, -0.05) is 30.3 Å². The van der Waals surface area contributed by atoms with Crippen molar-refractivity contribution in [3.05, 3.63) is 88.8 Å². The van der Waals surface area contributed by atoms with Crippen LogP contribution in [0.15, 0.2) is 65.2 Å². The molecule has 2 N–H and O–H groups in total. The van der Waals surface area contributed by atoms with Crippen LogP contribution in [-0.4, -0.2) is 29.1 Å². The summed E-state index contributed by atoms with van der Waals surface area (Å²) in [6, 6.07) is 13.9. The van der Waals surface area contributed by atoms with Gasteiger partial charge in [0.25, 0.3) is 5.91 Å². The maximum Gasteiger partial charge on any atom is 0.416 e. The van der Waals surface area contributed by atoms with Gasteiger partial charge in [-0.05, 0) is 42.3 Å². The second-order valence-electron chi connectivity index (χ2n) is 7.62. The predicted molar refractivity (Wildman–Crippen MR) is 118 cm³/mol. The number of halogens is 3. The molecule has 4 rings (SSSR count). The molecule has 0 spiro atoms. The molecular formula is C25H21F3N2O3. The van der Waals surface area contributed by atoms with Crippen LogP contribution in [0.1, 0.15) is 32.8 Å². The van der Waals surface area contributed by atoms with Gasteiger partial charge in [0, 0.05) is 35.7 Å². The SMILES string of the molecule is Cc1c(Cc2cccc(C(F)(F)F)c2)oc2c(-c3cc(C(=O)NCCO)ccn3)cccc12. The van der Waals surface area contributed by atoms with Gasteiger partial charge in [0.15, 0.2) is 0 Å². The lowest BCUT2D eigenvalue weighted by atomic mass is 10.0. The summed E-state index contributed by atoms with van der Waals surface area (Å²) >= 11 is 0. The molecule has 170 valence electrons. The Morgan fingerprint density at radius 2 is 1.91 bits per heavy atom. The second-order valence-corrected chi connectivity index (χ2v) is 7.62. The fraction of sp³-hybridized carbons (Fsp3) is 0.200. The molecule has 5 nitrogen and oxygen atoms in total. The van der Waals surface area contributed by atoms with Crippen LogP contribution in [0.4, 0.5) is 13.2 Å². The highest BCUT2D eigenvalue weighted by molar-refractivity contribution is 5.98. The van der Waals surface area contributed by atoms with Crippen LogP contribution in [0.25, 0.3) is 22.2 Å². The molecule has 2 aromatic heterocycles. The van der Waals surface area contributed by atoms with Gasteiger partial charge in [0.1, 0.15) is 11.3 Å². The average molecular weight is 454 g/mol. The summed E-state index contributed by atoms with van der Waals surface area (Å²) in [6.45, 7) is 1.84. The molecular weight excluding hydrogens is 433 g/mol. The lowest BCUT2D eigenvalue weighted by Gasteiger charge is -2.08. The number of nitrogens with zero attached hydrogens (tertiary/aromatic N) is 1. The van der Waals surface area contributed by atoms with Crippen LogP contribution in [-0.2, 0) is 12.6 Å². The van der Waals surface area contributed by atoms with Crippen molar-refractivity contribution in [2.24, 2.45) is 0 Å². The Kier molecular flexibility index (Phi) is 6.20. The van der Waals surface area contributed by atoms with E-state index in [1.807, 2.05) is 25.1 Å². The third kappa shape index (κ3) is 4.75. The standard InChI is InChI=1S/C25H21F3N2O3/c1-15-19-6-3-7-20(21-14-17(8-9-29-21)24(32)30-10-11-31)23(19)33-22(15)13-16-4-2-5-18(12-16)25(26,27)28/h2-9,12,14,31H,10-11,13H2,1H3,(H,30,32). The first-order chi connectivity index (χ1) is 15.8. The van der Waals surface area contributed by atoms with Crippen LogP contribution >= 0.6 is 0 Å². The zero-order chi connectivity index (χ0) is 23.6. The molecule has 2 aromatic carbocycles.